The first-order valence-electron chi connectivity index (χ1n) is 12.4. The number of nitriles is 1. The smallest absolute Gasteiger partial charge is 0.256 e. The van der Waals surface area contributed by atoms with Gasteiger partial charge in [0.05, 0.1) is 11.6 Å². The third-order valence-corrected chi connectivity index (χ3v) is 6.50. The van der Waals surface area contributed by atoms with Crippen molar-refractivity contribution in [3.63, 3.8) is 0 Å². The number of rotatable bonds is 9. The third kappa shape index (κ3) is 5.95. The van der Waals surface area contributed by atoms with E-state index in [1.165, 1.54) is 11.1 Å². The Labute approximate surface area is 217 Å². The highest BCUT2D eigenvalue weighted by Gasteiger charge is 2.17. The highest BCUT2D eigenvalue weighted by atomic mass is 16.1. The van der Waals surface area contributed by atoms with E-state index in [1.807, 2.05) is 30.3 Å². The number of benzene rings is 4. The summed E-state index contributed by atoms with van der Waals surface area (Å²) in [4.78, 5) is 18.9. The van der Waals surface area contributed by atoms with Gasteiger partial charge in [-0.05, 0) is 47.9 Å². The summed E-state index contributed by atoms with van der Waals surface area (Å²) < 4.78 is 0. The number of aromatic amines is 1. The van der Waals surface area contributed by atoms with E-state index < -0.39 is 0 Å². The maximum Gasteiger partial charge on any atom is 0.256 e. The highest BCUT2D eigenvalue weighted by Crippen LogP contribution is 2.28. The van der Waals surface area contributed by atoms with Gasteiger partial charge in [-0.2, -0.15) is 5.26 Å². The van der Waals surface area contributed by atoms with Gasteiger partial charge in [0, 0.05) is 41.7 Å². The molecule has 0 saturated heterocycles. The first kappa shape index (κ1) is 24.1. The highest BCUT2D eigenvalue weighted by molar-refractivity contribution is 6.06. The lowest BCUT2D eigenvalue weighted by Crippen LogP contribution is -2.25. The van der Waals surface area contributed by atoms with Crippen molar-refractivity contribution in [3.8, 4) is 6.07 Å². The molecule has 1 aromatic heterocycles. The summed E-state index contributed by atoms with van der Waals surface area (Å²) in [6.45, 7) is 2.50. The van der Waals surface area contributed by atoms with Gasteiger partial charge in [0.1, 0.15) is 5.82 Å². The standard InChI is InChI=1S/C32H28N4O/c33-21-24-15-17-27(18-16-24)32(37)35-31-29(28-13-7-8-14-30(28)34-31)19-20-36(22-25-9-3-1-4-10-25)23-26-11-5-2-6-12-26/h1-18,34H,19-20,22-23H2,(H,35,37). The topological polar surface area (TPSA) is 71.9 Å². The zero-order valence-electron chi connectivity index (χ0n) is 20.5. The van der Waals surface area contributed by atoms with Gasteiger partial charge >= 0.3 is 0 Å². The molecule has 0 aliphatic rings. The summed E-state index contributed by atoms with van der Waals surface area (Å²) in [5.41, 5.74) is 5.66. The molecule has 0 atom stereocenters. The molecule has 1 amide bonds. The van der Waals surface area contributed by atoms with Crippen LogP contribution in [0.15, 0.2) is 109 Å². The molecule has 4 aromatic carbocycles. The van der Waals surface area contributed by atoms with Crippen LogP contribution >= 0.6 is 0 Å². The van der Waals surface area contributed by atoms with E-state index in [9.17, 15) is 4.79 Å². The molecule has 0 unspecified atom stereocenters. The van der Waals surface area contributed by atoms with Crippen LogP contribution in [0, 0.1) is 11.3 Å². The molecule has 0 aliphatic heterocycles. The summed E-state index contributed by atoms with van der Waals surface area (Å²) in [5.74, 6) is 0.512. The van der Waals surface area contributed by atoms with Crippen molar-refractivity contribution in [2.75, 3.05) is 11.9 Å². The predicted octanol–water partition coefficient (Wildman–Crippen LogP) is 6.54. The van der Waals surface area contributed by atoms with Crippen molar-refractivity contribution in [1.82, 2.24) is 9.88 Å². The van der Waals surface area contributed by atoms with Crippen LogP contribution in [0.2, 0.25) is 0 Å². The van der Waals surface area contributed by atoms with E-state index in [1.54, 1.807) is 24.3 Å². The van der Waals surface area contributed by atoms with Crippen molar-refractivity contribution < 1.29 is 4.79 Å². The maximum absolute atomic E-state index is 13.0. The Bertz CT molecular complexity index is 1480. The van der Waals surface area contributed by atoms with E-state index in [-0.39, 0.29) is 5.91 Å². The van der Waals surface area contributed by atoms with Gasteiger partial charge in [0.2, 0.25) is 0 Å². The lowest BCUT2D eigenvalue weighted by molar-refractivity contribution is 0.102. The number of fused-ring (bicyclic) bond motifs is 1. The fraction of sp³-hybridized carbons (Fsp3) is 0.125. The molecule has 5 heteroatoms. The predicted molar refractivity (Wildman–Crippen MR) is 148 cm³/mol. The third-order valence-electron chi connectivity index (χ3n) is 6.50. The normalized spacial score (nSPS) is 10.9. The van der Waals surface area contributed by atoms with E-state index in [0.717, 1.165) is 48.3 Å². The number of hydrogen-bond donors (Lipinski definition) is 2. The second kappa shape index (κ2) is 11.4. The Morgan fingerprint density at radius 1 is 0.784 bits per heavy atom. The van der Waals surface area contributed by atoms with E-state index in [4.69, 9.17) is 5.26 Å². The molecule has 1 heterocycles. The first-order valence-corrected chi connectivity index (χ1v) is 12.4. The van der Waals surface area contributed by atoms with Gasteiger partial charge in [0.15, 0.2) is 0 Å². The molecule has 0 radical (unpaired) electrons. The Morgan fingerprint density at radius 3 is 2.00 bits per heavy atom. The monoisotopic (exact) mass is 484 g/mol. The number of nitrogens with one attached hydrogen (secondary N) is 2. The number of carbonyl (C=O) groups excluding carboxylic acids is 1. The van der Waals surface area contributed by atoms with Gasteiger partial charge < -0.3 is 10.3 Å². The molecule has 37 heavy (non-hydrogen) atoms. The summed E-state index contributed by atoms with van der Waals surface area (Å²) in [6, 6.07) is 37.9. The van der Waals surface area contributed by atoms with Crippen molar-refractivity contribution in [1.29, 1.82) is 5.26 Å². The number of para-hydroxylation sites is 1. The molecule has 0 bridgehead atoms. The van der Waals surface area contributed by atoms with Crippen LogP contribution in [0.5, 0.6) is 0 Å². The summed E-state index contributed by atoms with van der Waals surface area (Å²) >= 11 is 0. The van der Waals surface area contributed by atoms with Crippen LogP contribution < -0.4 is 5.32 Å². The molecule has 5 rings (SSSR count). The lowest BCUT2D eigenvalue weighted by Gasteiger charge is -2.23. The Kier molecular flexibility index (Phi) is 7.40. The van der Waals surface area contributed by atoms with Gasteiger partial charge in [-0.3, -0.25) is 9.69 Å². The number of hydrogen-bond acceptors (Lipinski definition) is 3. The number of H-pyrrole nitrogens is 1. The summed E-state index contributed by atoms with van der Waals surface area (Å²) in [7, 11) is 0. The number of amides is 1. The molecule has 0 fully saturated rings. The Balaban J connectivity index is 1.39. The minimum atomic E-state index is -0.206. The second-order valence-electron chi connectivity index (χ2n) is 9.10. The molecule has 182 valence electrons. The molecular formula is C32H28N4O. The van der Waals surface area contributed by atoms with Crippen molar-refractivity contribution >= 4 is 22.6 Å². The molecule has 5 aromatic rings. The maximum atomic E-state index is 13.0. The van der Waals surface area contributed by atoms with Gasteiger partial charge in [-0.1, -0.05) is 78.9 Å². The average molecular weight is 485 g/mol. The number of carbonyl (C=O) groups is 1. The van der Waals surface area contributed by atoms with Crippen LogP contribution in [0.4, 0.5) is 5.82 Å². The van der Waals surface area contributed by atoms with Gasteiger partial charge in [0.25, 0.3) is 5.91 Å². The fourth-order valence-corrected chi connectivity index (χ4v) is 4.62. The van der Waals surface area contributed by atoms with Crippen LogP contribution in [0.1, 0.15) is 32.6 Å². The van der Waals surface area contributed by atoms with Crippen LogP contribution in [-0.4, -0.2) is 22.3 Å². The first-order chi connectivity index (χ1) is 18.2. The number of nitrogens with zero attached hydrogens (tertiary/aromatic N) is 2. The van der Waals surface area contributed by atoms with Gasteiger partial charge in [-0.25, -0.2) is 0 Å². The van der Waals surface area contributed by atoms with Crippen molar-refractivity contribution in [3.05, 3.63) is 137 Å². The molecule has 0 spiro atoms. The van der Waals surface area contributed by atoms with E-state index in [0.29, 0.717) is 11.1 Å². The molecule has 5 nitrogen and oxygen atoms in total. The fourth-order valence-electron chi connectivity index (χ4n) is 4.62. The molecular weight excluding hydrogens is 456 g/mol. The zero-order chi connectivity index (χ0) is 25.5. The Hall–Kier alpha value is -4.66. The van der Waals surface area contributed by atoms with Crippen LogP contribution in [0.25, 0.3) is 10.9 Å². The van der Waals surface area contributed by atoms with Crippen LogP contribution in [-0.2, 0) is 19.5 Å². The van der Waals surface area contributed by atoms with Crippen LogP contribution in [0.3, 0.4) is 0 Å². The lowest BCUT2D eigenvalue weighted by atomic mass is 10.1. The minimum absolute atomic E-state index is 0.206. The largest absolute Gasteiger partial charge is 0.341 e. The summed E-state index contributed by atoms with van der Waals surface area (Å²) in [5, 5.41) is 13.2. The van der Waals surface area contributed by atoms with E-state index in [2.05, 4.69) is 75.9 Å². The quantitative estimate of drug-likeness (QED) is 0.250. The zero-order valence-corrected chi connectivity index (χ0v) is 20.5. The summed E-state index contributed by atoms with van der Waals surface area (Å²) in [6.07, 6.45) is 0.771. The SMILES string of the molecule is N#Cc1ccc(C(=O)Nc2[nH]c3ccccc3c2CCN(Cc2ccccc2)Cc2ccccc2)cc1. The number of aromatic nitrogens is 1. The molecule has 2 N–H and O–H groups in total. The second-order valence-corrected chi connectivity index (χ2v) is 9.10. The minimum Gasteiger partial charge on any atom is -0.341 e. The molecule has 0 aliphatic carbocycles. The van der Waals surface area contributed by atoms with E-state index >= 15 is 0 Å². The number of anilines is 1. The average Bonchev–Trinajstić information content (AvgIpc) is 3.29. The van der Waals surface area contributed by atoms with Crippen molar-refractivity contribution in [2.45, 2.75) is 19.5 Å². The van der Waals surface area contributed by atoms with Gasteiger partial charge in [-0.15, -0.1) is 0 Å². The van der Waals surface area contributed by atoms with Crippen molar-refractivity contribution in [2.24, 2.45) is 0 Å². The Morgan fingerprint density at radius 2 is 1.38 bits per heavy atom. The molecule has 0 saturated carbocycles.